The molecule has 0 aromatic carbocycles. The van der Waals surface area contributed by atoms with Gasteiger partial charge in [0.25, 0.3) is 0 Å². The highest BCUT2D eigenvalue weighted by atomic mass is 32.2. The molecule has 3 nitrogen and oxygen atoms in total. The maximum Gasteiger partial charge on any atom is 0.202 e. The third-order valence-electron chi connectivity index (χ3n) is 2.52. The van der Waals surface area contributed by atoms with Crippen molar-refractivity contribution in [2.75, 3.05) is 29.5 Å². The summed E-state index contributed by atoms with van der Waals surface area (Å²) in [6, 6.07) is 0. The Morgan fingerprint density at radius 3 is 3.21 bits per heavy atom. The summed E-state index contributed by atoms with van der Waals surface area (Å²) in [7, 11) is 0. The molecule has 0 radical (unpaired) electrons. The molecule has 0 saturated carbocycles. The van der Waals surface area contributed by atoms with Crippen LogP contribution in [0.15, 0.2) is 6.20 Å². The minimum absolute atomic E-state index is 1.04. The zero-order valence-electron chi connectivity index (χ0n) is 8.62. The lowest BCUT2D eigenvalue weighted by atomic mass is 10.4. The lowest BCUT2D eigenvalue weighted by molar-refractivity contribution is 0.789. The van der Waals surface area contributed by atoms with Gasteiger partial charge in [-0.05, 0) is 18.6 Å². The van der Waals surface area contributed by atoms with Crippen molar-refractivity contribution in [1.82, 2.24) is 9.97 Å². The Hall–Kier alpha value is -0.640. The van der Waals surface area contributed by atoms with E-state index in [1.54, 1.807) is 0 Å². The largest absolute Gasteiger partial charge is 0.342 e. The van der Waals surface area contributed by atoms with Crippen molar-refractivity contribution in [1.29, 1.82) is 0 Å². The monoisotopic (exact) mass is 211 g/mol. The topological polar surface area (TPSA) is 31.9 Å². The Morgan fingerprint density at radius 1 is 1.50 bits per heavy atom. The normalized spacial score (nSPS) is 18.2. The van der Waals surface area contributed by atoms with Crippen molar-refractivity contribution in [3.05, 3.63) is 11.9 Å². The fourth-order valence-electron chi connectivity index (χ4n) is 1.65. The zero-order chi connectivity index (χ0) is 9.80. The molecule has 14 heavy (non-hydrogen) atoms. The zero-order valence-corrected chi connectivity index (χ0v) is 9.44. The van der Waals surface area contributed by atoms with Crippen LogP contribution >= 0.6 is 11.8 Å². The Morgan fingerprint density at radius 2 is 2.43 bits per heavy atom. The molecule has 1 N–H and O–H groups in total. The number of rotatable bonds is 2. The van der Waals surface area contributed by atoms with E-state index in [0.29, 0.717) is 0 Å². The molecule has 0 amide bonds. The van der Waals surface area contributed by atoms with Crippen molar-refractivity contribution >= 4 is 17.7 Å². The lowest BCUT2D eigenvalue weighted by Crippen LogP contribution is -2.26. The number of nitrogens with zero attached hydrogens (tertiary/aromatic N) is 2. The molecule has 78 valence electrons. The number of nitrogens with one attached hydrogen (secondary N) is 1. The number of aryl methyl sites for hydroxylation is 1. The van der Waals surface area contributed by atoms with E-state index < -0.39 is 0 Å². The minimum atomic E-state index is 1.04. The van der Waals surface area contributed by atoms with Crippen LogP contribution in [0, 0.1) is 0 Å². The van der Waals surface area contributed by atoms with Crippen LogP contribution in [0.5, 0.6) is 0 Å². The standard InChI is InChI=1S/C10H17N3S/c1-2-9-8-11-10(12-9)13-4-3-6-14-7-5-13/h8H,2-7H2,1H3,(H,11,12). The first-order valence-corrected chi connectivity index (χ1v) is 6.42. The molecule has 0 bridgehead atoms. The van der Waals surface area contributed by atoms with Gasteiger partial charge in [-0.25, -0.2) is 4.98 Å². The van der Waals surface area contributed by atoms with Crippen molar-refractivity contribution in [2.24, 2.45) is 0 Å². The molecule has 1 saturated heterocycles. The van der Waals surface area contributed by atoms with Crippen molar-refractivity contribution in [2.45, 2.75) is 19.8 Å². The number of aromatic nitrogens is 2. The van der Waals surface area contributed by atoms with Crippen LogP contribution in [0.2, 0.25) is 0 Å². The van der Waals surface area contributed by atoms with Crippen LogP contribution in [0.25, 0.3) is 0 Å². The van der Waals surface area contributed by atoms with E-state index in [1.807, 2.05) is 18.0 Å². The third-order valence-corrected chi connectivity index (χ3v) is 3.57. The van der Waals surface area contributed by atoms with Crippen molar-refractivity contribution in [3.8, 4) is 0 Å². The second-order valence-corrected chi connectivity index (χ2v) is 4.76. The average molecular weight is 211 g/mol. The summed E-state index contributed by atoms with van der Waals surface area (Å²) in [4.78, 5) is 10.1. The van der Waals surface area contributed by atoms with E-state index in [9.17, 15) is 0 Å². The maximum atomic E-state index is 4.41. The van der Waals surface area contributed by atoms with Crippen molar-refractivity contribution < 1.29 is 0 Å². The first kappa shape index (κ1) is 9.90. The van der Waals surface area contributed by atoms with E-state index in [4.69, 9.17) is 0 Å². The summed E-state index contributed by atoms with van der Waals surface area (Å²) < 4.78 is 0. The fourth-order valence-corrected chi connectivity index (χ4v) is 2.53. The van der Waals surface area contributed by atoms with Gasteiger partial charge in [-0.2, -0.15) is 11.8 Å². The molecule has 1 aliphatic rings. The highest BCUT2D eigenvalue weighted by Crippen LogP contribution is 2.15. The van der Waals surface area contributed by atoms with Gasteiger partial charge in [-0.15, -0.1) is 0 Å². The molecule has 4 heteroatoms. The highest BCUT2D eigenvalue weighted by molar-refractivity contribution is 7.99. The Labute approximate surface area is 89.3 Å². The molecule has 1 aromatic heterocycles. The Kier molecular flexibility index (Phi) is 3.35. The fraction of sp³-hybridized carbons (Fsp3) is 0.700. The molecule has 2 heterocycles. The first-order chi connectivity index (χ1) is 6.90. The molecular formula is C10H17N3S. The van der Waals surface area contributed by atoms with E-state index in [-0.39, 0.29) is 0 Å². The van der Waals surface area contributed by atoms with Gasteiger partial charge in [0, 0.05) is 24.5 Å². The van der Waals surface area contributed by atoms with Gasteiger partial charge in [0.15, 0.2) is 0 Å². The summed E-state index contributed by atoms with van der Waals surface area (Å²) in [5, 5.41) is 0. The second-order valence-electron chi connectivity index (χ2n) is 3.54. The number of imidazole rings is 1. The van der Waals surface area contributed by atoms with Crippen molar-refractivity contribution in [3.63, 3.8) is 0 Å². The van der Waals surface area contributed by atoms with Gasteiger partial charge in [0.2, 0.25) is 5.95 Å². The Balaban J connectivity index is 2.04. The molecule has 2 rings (SSSR count). The smallest absolute Gasteiger partial charge is 0.202 e. The molecule has 1 fully saturated rings. The number of hydrogen-bond donors (Lipinski definition) is 1. The van der Waals surface area contributed by atoms with Crippen LogP contribution in [0.1, 0.15) is 19.0 Å². The molecule has 0 spiro atoms. The van der Waals surface area contributed by atoms with Crippen LogP contribution < -0.4 is 4.90 Å². The summed E-state index contributed by atoms with van der Waals surface area (Å²) >= 11 is 2.04. The predicted octanol–water partition coefficient (Wildman–Crippen LogP) is 1.92. The molecule has 1 aliphatic heterocycles. The van der Waals surface area contributed by atoms with Crippen LogP contribution in [-0.2, 0) is 6.42 Å². The molecular weight excluding hydrogens is 194 g/mol. The third kappa shape index (κ3) is 2.23. The average Bonchev–Trinajstić information content (AvgIpc) is 2.53. The SMILES string of the molecule is CCc1cnc(N2CCCSCC2)[nH]1. The number of hydrogen-bond acceptors (Lipinski definition) is 3. The van der Waals surface area contributed by atoms with E-state index in [1.165, 1.54) is 23.6 Å². The molecule has 0 aliphatic carbocycles. The van der Waals surface area contributed by atoms with Gasteiger partial charge in [-0.3, -0.25) is 0 Å². The number of anilines is 1. The summed E-state index contributed by atoms with van der Waals surface area (Å²) in [6.07, 6.45) is 4.26. The van der Waals surface area contributed by atoms with Gasteiger partial charge in [0.05, 0.1) is 6.20 Å². The molecule has 0 atom stereocenters. The Bertz CT molecular complexity index is 277. The van der Waals surface area contributed by atoms with Gasteiger partial charge in [0.1, 0.15) is 0 Å². The first-order valence-electron chi connectivity index (χ1n) is 5.26. The molecule has 0 unspecified atom stereocenters. The number of aromatic amines is 1. The quantitative estimate of drug-likeness (QED) is 0.811. The van der Waals surface area contributed by atoms with E-state index in [2.05, 4.69) is 21.8 Å². The summed E-state index contributed by atoms with van der Waals surface area (Å²) in [5.41, 5.74) is 1.23. The predicted molar refractivity (Wildman–Crippen MR) is 62.1 cm³/mol. The van der Waals surface area contributed by atoms with Crippen LogP contribution in [-0.4, -0.2) is 34.6 Å². The summed E-state index contributed by atoms with van der Waals surface area (Å²) in [6.45, 7) is 4.42. The maximum absolute atomic E-state index is 4.41. The van der Waals surface area contributed by atoms with Crippen LogP contribution in [0.4, 0.5) is 5.95 Å². The lowest BCUT2D eigenvalue weighted by Gasteiger charge is -2.18. The number of thioether (sulfide) groups is 1. The summed E-state index contributed by atoms with van der Waals surface area (Å²) in [5.74, 6) is 3.57. The minimum Gasteiger partial charge on any atom is -0.342 e. The van der Waals surface area contributed by atoms with Gasteiger partial charge >= 0.3 is 0 Å². The second kappa shape index (κ2) is 4.73. The van der Waals surface area contributed by atoms with E-state index >= 15 is 0 Å². The van der Waals surface area contributed by atoms with Gasteiger partial charge < -0.3 is 9.88 Å². The highest BCUT2D eigenvalue weighted by Gasteiger charge is 2.12. The van der Waals surface area contributed by atoms with Crippen LogP contribution in [0.3, 0.4) is 0 Å². The number of H-pyrrole nitrogens is 1. The molecule has 1 aromatic rings. The van der Waals surface area contributed by atoms with E-state index in [0.717, 1.165) is 25.5 Å². The van der Waals surface area contributed by atoms with Gasteiger partial charge in [-0.1, -0.05) is 6.92 Å².